The van der Waals surface area contributed by atoms with Crippen LogP contribution in [0.2, 0.25) is 5.02 Å². The maximum absolute atomic E-state index is 13.3. The van der Waals surface area contributed by atoms with E-state index in [1.54, 1.807) is 54.6 Å². The first-order valence-corrected chi connectivity index (χ1v) is 11.1. The maximum atomic E-state index is 13.3. The minimum absolute atomic E-state index is 0.00984. The number of aryl methyl sites for hydroxylation is 1. The number of nitrogens with one attached hydrogen (secondary N) is 1. The monoisotopic (exact) mass is 458 g/mol. The second-order valence-corrected chi connectivity index (χ2v) is 8.24. The summed E-state index contributed by atoms with van der Waals surface area (Å²) in [5.41, 5.74) is 2.64. The zero-order valence-corrected chi connectivity index (χ0v) is 18.9. The number of rotatable bonds is 6. The molecule has 0 atom stereocenters. The molecular weight excluding hydrogens is 436 g/mol. The third-order valence-electron chi connectivity index (χ3n) is 5.56. The summed E-state index contributed by atoms with van der Waals surface area (Å²) < 4.78 is 1.09. The average Bonchev–Trinajstić information content (AvgIpc) is 2.83. The number of fused-ring (bicyclic) bond motifs is 1. The zero-order chi connectivity index (χ0) is 23.4. The third kappa shape index (κ3) is 5.04. The van der Waals surface area contributed by atoms with Crippen LogP contribution in [0.25, 0.3) is 10.9 Å². The summed E-state index contributed by atoms with van der Waals surface area (Å²) in [4.78, 5) is 39.3. The fraction of sp³-hybridized carbons (Fsp3) is 0.148. The van der Waals surface area contributed by atoms with Crippen molar-refractivity contribution in [3.63, 3.8) is 0 Å². The van der Waals surface area contributed by atoms with E-state index >= 15 is 0 Å². The van der Waals surface area contributed by atoms with Gasteiger partial charge in [-0.15, -0.1) is 0 Å². The number of para-hydroxylation sites is 1. The van der Waals surface area contributed by atoms with Crippen LogP contribution in [0.1, 0.15) is 38.8 Å². The van der Waals surface area contributed by atoms with E-state index in [1.165, 1.54) is 5.56 Å². The van der Waals surface area contributed by atoms with Crippen LogP contribution in [-0.4, -0.2) is 16.4 Å². The van der Waals surface area contributed by atoms with E-state index in [0.29, 0.717) is 15.9 Å². The van der Waals surface area contributed by atoms with Gasteiger partial charge in [0.2, 0.25) is 5.91 Å². The molecule has 33 heavy (non-hydrogen) atoms. The van der Waals surface area contributed by atoms with Gasteiger partial charge in [-0.1, -0.05) is 73.1 Å². The quantitative estimate of drug-likeness (QED) is 0.440. The summed E-state index contributed by atoms with van der Waals surface area (Å²) in [7, 11) is 0. The Morgan fingerprint density at radius 3 is 2.21 bits per heavy atom. The van der Waals surface area contributed by atoms with Gasteiger partial charge in [-0.3, -0.25) is 14.4 Å². The summed E-state index contributed by atoms with van der Waals surface area (Å²) in [6.45, 7) is 2.36. The molecular formula is C27H23ClN2O3. The normalized spacial score (nSPS) is 10.8. The van der Waals surface area contributed by atoms with Gasteiger partial charge >= 0.3 is 0 Å². The lowest BCUT2D eigenvalue weighted by Gasteiger charge is -2.12. The molecule has 0 aliphatic carbocycles. The molecule has 1 N–H and O–H groups in total. The first kappa shape index (κ1) is 22.5. The van der Waals surface area contributed by atoms with Crippen LogP contribution in [0.4, 0.5) is 0 Å². The Hall–Kier alpha value is -3.70. The van der Waals surface area contributed by atoms with Crippen molar-refractivity contribution in [2.75, 3.05) is 0 Å². The van der Waals surface area contributed by atoms with E-state index in [0.717, 1.165) is 22.1 Å². The van der Waals surface area contributed by atoms with Crippen LogP contribution in [0.15, 0.2) is 83.7 Å². The van der Waals surface area contributed by atoms with Gasteiger partial charge in [0, 0.05) is 11.6 Å². The van der Waals surface area contributed by atoms with Crippen molar-refractivity contribution in [3.05, 3.63) is 116 Å². The van der Waals surface area contributed by atoms with Crippen molar-refractivity contribution in [3.8, 4) is 0 Å². The van der Waals surface area contributed by atoms with Crippen molar-refractivity contribution >= 4 is 34.3 Å². The molecule has 5 nitrogen and oxygen atoms in total. The molecule has 4 aromatic rings. The predicted molar refractivity (Wildman–Crippen MR) is 131 cm³/mol. The highest BCUT2D eigenvalue weighted by molar-refractivity contribution is 6.30. The maximum Gasteiger partial charge on any atom is 0.270 e. The summed E-state index contributed by atoms with van der Waals surface area (Å²) in [5.74, 6) is -0.929. The van der Waals surface area contributed by atoms with Gasteiger partial charge in [0.1, 0.15) is 5.56 Å². The lowest BCUT2D eigenvalue weighted by Crippen LogP contribution is -2.36. The van der Waals surface area contributed by atoms with E-state index in [1.807, 2.05) is 24.3 Å². The standard InChI is InChI=1S/C27H23ClN2O3/c1-2-18-7-9-20(10-8-18)17-29-26(32)23-16-21-5-3-4-6-24(21)30(27(23)33)25(31)15-19-11-13-22(28)14-12-19/h3-14,16H,2,15,17H2,1H3,(H,29,32). The smallest absolute Gasteiger partial charge is 0.270 e. The Kier molecular flexibility index (Phi) is 6.71. The second-order valence-electron chi connectivity index (χ2n) is 7.81. The Bertz CT molecular complexity index is 1370. The number of hydrogen-bond donors (Lipinski definition) is 1. The molecule has 0 aliphatic heterocycles. The van der Waals surface area contributed by atoms with Crippen LogP contribution in [0.5, 0.6) is 0 Å². The van der Waals surface area contributed by atoms with E-state index < -0.39 is 17.4 Å². The Morgan fingerprint density at radius 2 is 1.52 bits per heavy atom. The van der Waals surface area contributed by atoms with Crippen molar-refractivity contribution in [2.45, 2.75) is 26.3 Å². The molecule has 0 spiro atoms. The highest BCUT2D eigenvalue weighted by Crippen LogP contribution is 2.16. The first-order chi connectivity index (χ1) is 16.0. The molecule has 166 valence electrons. The minimum Gasteiger partial charge on any atom is -0.348 e. The molecule has 0 radical (unpaired) electrons. The fourth-order valence-electron chi connectivity index (χ4n) is 3.70. The number of amides is 1. The molecule has 0 saturated heterocycles. The summed E-state index contributed by atoms with van der Waals surface area (Å²) in [6.07, 6.45) is 0.948. The third-order valence-corrected chi connectivity index (χ3v) is 5.81. The number of aromatic nitrogens is 1. The molecule has 1 heterocycles. The zero-order valence-electron chi connectivity index (χ0n) is 18.2. The van der Waals surface area contributed by atoms with Crippen molar-refractivity contribution in [2.24, 2.45) is 0 Å². The van der Waals surface area contributed by atoms with Crippen LogP contribution < -0.4 is 10.9 Å². The number of nitrogens with zero attached hydrogens (tertiary/aromatic N) is 1. The second kappa shape index (κ2) is 9.84. The lowest BCUT2D eigenvalue weighted by atomic mass is 10.1. The van der Waals surface area contributed by atoms with Gasteiger partial charge < -0.3 is 5.32 Å². The van der Waals surface area contributed by atoms with E-state index in [9.17, 15) is 14.4 Å². The molecule has 4 rings (SSSR count). The molecule has 6 heteroatoms. The molecule has 3 aromatic carbocycles. The molecule has 0 saturated carbocycles. The average molecular weight is 459 g/mol. The number of carbonyl (C=O) groups is 2. The highest BCUT2D eigenvalue weighted by Gasteiger charge is 2.19. The number of benzene rings is 3. The SMILES string of the molecule is CCc1ccc(CNC(=O)c2cc3ccccc3n(C(=O)Cc3ccc(Cl)cc3)c2=O)cc1. The van der Waals surface area contributed by atoms with Crippen LogP contribution in [-0.2, 0) is 19.4 Å². The van der Waals surface area contributed by atoms with Gasteiger partial charge in [-0.05, 0) is 52.8 Å². The summed E-state index contributed by atoms with van der Waals surface area (Å²) in [5, 5.41) is 4.01. The van der Waals surface area contributed by atoms with E-state index in [4.69, 9.17) is 11.6 Å². The lowest BCUT2D eigenvalue weighted by molar-refractivity contribution is 0.0914. The number of carbonyl (C=O) groups excluding carboxylic acids is 2. The first-order valence-electron chi connectivity index (χ1n) is 10.7. The van der Waals surface area contributed by atoms with Gasteiger partial charge in [0.25, 0.3) is 11.5 Å². The molecule has 1 amide bonds. The highest BCUT2D eigenvalue weighted by atomic mass is 35.5. The Balaban J connectivity index is 1.65. The Labute approximate surface area is 196 Å². The summed E-state index contributed by atoms with van der Waals surface area (Å²) in [6, 6.07) is 23.4. The number of halogens is 1. The predicted octanol–water partition coefficient (Wildman–Crippen LogP) is 5.03. The van der Waals surface area contributed by atoms with Gasteiger partial charge in [0.15, 0.2) is 0 Å². The van der Waals surface area contributed by atoms with E-state index in [2.05, 4.69) is 12.2 Å². The Morgan fingerprint density at radius 1 is 0.879 bits per heavy atom. The number of hydrogen-bond acceptors (Lipinski definition) is 3. The van der Waals surface area contributed by atoms with Crippen LogP contribution >= 0.6 is 11.6 Å². The van der Waals surface area contributed by atoms with Crippen molar-refractivity contribution < 1.29 is 9.59 Å². The largest absolute Gasteiger partial charge is 0.348 e. The number of pyridine rings is 1. The van der Waals surface area contributed by atoms with Gasteiger partial charge in [-0.2, -0.15) is 0 Å². The van der Waals surface area contributed by atoms with Crippen molar-refractivity contribution in [1.29, 1.82) is 0 Å². The fourth-order valence-corrected chi connectivity index (χ4v) is 3.82. The molecule has 0 bridgehead atoms. The summed E-state index contributed by atoms with van der Waals surface area (Å²) >= 11 is 5.93. The minimum atomic E-state index is -0.633. The topological polar surface area (TPSA) is 68.2 Å². The molecule has 0 fully saturated rings. The van der Waals surface area contributed by atoms with Crippen LogP contribution in [0, 0.1) is 0 Å². The van der Waals surface area contributed by atoms with Crippen LogP contribution in [0.3, 0.4) is 0 Å². The van der Waals surface area contributed by atoms with Gasteiger partial charge in [0.05, 0.1) is 11.9 Å². The van der Waals surface area contributed by atoms with E-state index in [-0.39, 0.29) is 18.5 Å². The molecule has 0 aliphatic rings. The molecule has 1 aromatic heterocycles. The van der Waals surface area contributed by atoms with Crippen molar-refractivity contribution in [1.82, 2.24) is 9.88 Å². The van der Waals surface area contributed by atoms with Gasteiger partial charge in [-0.25, -0.2) is 4.57 Å². The molecule has 0 unspecified atom stereocenters.